The molecule has 0 amide bonds. The molecule has 1 saturated carbocycles. The molecule has 2 heterocycles. The van der Waals surface area contributed by atoms with Crippen LogP contribution in [-0.4, -0.2) is 37.9 Å². The molecule has 2 aliphatic rings. The number of hydrogen-bond acceptors (Lipinski definition) is 4. The molecule has 1 saturated heterocycles. The number of thiophene rings is 1. The van der Waals surface area contributed by atoms with Crippen molar-refractivity contribution in [2.75, 3.05) is 13.1 Å². The quantitative estimate of drug-likeness (QED) is 0.900. The van der Waals surface area contributed by atoms with Gasteiger partial charge in [-0.3, -0.25) is 0 Å². The van der Waals surface area contributed by atoms with Crippen LogP contribution in [-0.2, 0) is 10.0 Å². The zero-order valence-electron chi connectivity index (χ0n) is 11.4. The van der Waals surface area contributed by atoms with Crippen molar-refractivity contribution < 1.29 is 8.42 Å². The summed E-state index contributed by atoms with van der Waals surface area (Å²) in [7, 11) is -3.40. The highest BCUT2D eigenvalue weighted by Crippen LogP contribution is 2.37. The van der Waals surface area contributed by atoms with E-state index < -0.39 is 10.0 Å². The Hall–Kier alpha value is -0.140. The lowest BCUT2D eigenvalue weighted by Crippen LogP contribution is -2.42. The van der Waals surface area contributed by atoms with Crippen LogP contribution >= 0.6 is 22.9 Å². The van der Waals surface area contributed by atoms with Crippen LogP contribution in [0.2, 0.25) is 4.34 Å². The number of aryl methyl sites for hydroxylation is 1. The number of sulfonamides is 1. The van der Waals surface area contributed by atoms with Crippen LogP contribution in [0.1, 0.15) is 31.2 Å². The molecule has 112 valence electrons. The van der Waals surface area contributed by atoms with Crippen LogP contribution in [0, 0.1) is 6.92 Å². The number of nitrogens with one attached hydrogen (secondary N) is 1. The van der Waals surface area contributed by atoms with E-state index in [1.54, 1.807) is 10.4 Å². The van der Waals surface area contributed by atoms with Gasteiger partial charge in [0.05, 0.1) is 4.34 Å². The first-order chi connectivity index (χ1) is 9.48. The summed E-state index contributed by atoms with van der Waals surface area (Å²) in [6, 6.07) is 2.17. The summed E-state index contributed by atoms with van der Waals surface area (Å²) in [5.74, 6) is 0. The maximum Gasteiger partial charge on any atom is 0.252 e. The topological polar surface area (TPSA) is 49.4 Å². The van der Waals surface area contributed by atoms with Gasteiger partial charge in [-0.2, -0.15) is 4.31 Å². The Morgan fingerprint density at radius 1 is 1.45 bits per heavy atom. The molecule has 1 unspecified atom stereocenters. The van der Waals surface area contributed by atoms with E-state index in [9.17, 15) is 8.42 Å². The van der Waals surface area contributed by atoms with Crippen LogP contribution in [0.4, 0.5) is 0 Å². The summed E-state index contributed by atoms with van der Waals surface area (Å²) >= 11 is 7.20. The third kappa shape index (κ3) is 2.90. The Kier molecular flexibility index (Phi) is 4.12. The summed E-state index contributed by atoms with van der Waals surface area (Å²) in [4.78, 5) is 0. The highest BCUT2D eigenvalue weighted by molar-refractivity contribution is 7.91. The van der Waals surface area contributed by atoms with E-state index in [-0.39, 0.29) is 6.04 Å². The molecule has 0 aromatic carbocycles. The third-order valence-corrected chi connectivity index (χ3v) is 7.84. The van der Waals surface area contributed by atoms with E-state index >= 15 is 0 Å². The monoisotopic (exact) mass is 334 g/mol. The largest absolute Gasteiger partial charge is 0.313 e. The fourth-order valence-electron chi connectivity index (χ4n) is 2.61. The summed E-state index contributed by atoms with van der Waals surface area (Å²) in [5, 5.41) is 3.38. The number of rotatable bonds is 5. The Labute approximate surface area is 129 Å². The Balaban J connectivity index is 1.85. The predicted molar refractivity (Wildman–Crippen MR) is 82.0 cm³/mol. The molecule has 1 aliphatic heterocycles. The molecule has 1 atom stereocenters. The van der Waals surface area contributed by atoms with Crippen LogP contribution in [0.25, 0.3) is 0 Å². The molecule has 7 heteroatoms. The van der Waals surface area contributed by atoms with Crippen molar-refractivity contribution in [2.45, 2.75) is 48.9 Å². The highest BCUT2D eigenvalue weighted by atomic mass is 35.5. The van der Waals surface area contributed by atoms with Crippen LogP contribution < -0.4 is 5.32 Å². The Morgan fingerprint density at radius 3 is 2.70 bits per heavy atom. The lowest BCUT2D eigenvalue weighted by atomic mass is 10.2. The minimum absolute atomic E-state index is 0.184. The maximum atomic E-state index is 12.8. The van der Waals surface area contributed by atoms with E-state index in [0.717, 1.165) is 37.8 Å². The van der Waals surface area contributed by atoms with Gasteiger partial charge in [-0.15, -0.1) is 11.3 Å². The second kappa shape index (κ2) is 5.57. The second-order valence-corrected chi connectivity index (χ2v) is 9.39. The maximum absolute atomic E-state index is 12.8. The van der Waals surface area contributed by atoms with Gasteiger partial charge in [0.1, 0.15) is 4.21 Å². The molecule has 0 spiro atoms. The zero-order chi connectivity index (χ0) is 14.3. The molecule has 0 bridgehead atoms. The van der Waals surface area contributed by atoms with Crippen molar-refractivity contribution >= 4 is 33.0 Å². The zero-order valence-corrected chi connectivity index (χ0v) is 13.8. The van der Waals surface area contributed by atoms with Gasteiger partial charge < -0.3 is 5.32 Å². The molecule has 0 radical (unpaired) electrons. The first kappa shape index (κ1) is 14.8. The highest BCUT2D eigenvalue weighted by Gasteiger charge is 2.40. The molecule has 4 nitrogen and oxygen atoms in total. The number of hydrogen-bond donors (Lipinski definition) is 1. The summed E-state index contributed by atoms with van der Waals surface area (Å²) in [5.41, 5.74) is 0.838. The van der Waals surface area contributed by atoms with E-state index in [4.69, 9.17) is 11.6 Å². The molecule has 1 N–H and O–H groups in total. The number of nitrogens with zero attached hydrogens (tertiary/aromatic N) is 1. The van der Waals surface area contributed by atoms with Gasteiger partial charge in [-0.1, -0.05) is 11.6 Å². The molecule has 3 rings (SSSR count). The van der Waals surface area contributed by atoms with Crippen molar-refractivity contribution in [2.24, 2.45) is 0 Å². The predicted octanol–water partition coefficient (Wildman–Crippen LogP) is 2.62. The summed E-state index contributed by atoms with van der Waals surface area (Å²) in [6.45, 7) is 3.42. The SMILES string of the molecule is Cc1cc(S(=O)(=O)N(CC2CCCN2)C2CC2)sc1Cl. The summed E-state index contributed by atoms with van der Waals surface area (Å²) in [6.07, 6.45) is 4.14. The number of halogens is 1. The molecular weight excluding hydrogens is 316 g/mol. The van der Waals surface area contributed by atoms with Crippen LogP contribution in [0.5, 0.6) is 0 Å². The fraction of sp³-hybridized carbons (Fsp3) is 0.692. The van der Waals surface area contributed by atoms with Gasteiger partial charge in [-0.25, -0.2) is 8.42 Å². The van der Waals surface area contributed by atoms with Gasteiger partial charge in [0.2, 0.25) is 0 Å². The lowest BCUT2D eigenvalue weighted by molar-refractivity contribution is 0.363. The minimum atomic E-state index is -3.40. The lowest BCUT2D eigenvalue weighted by Gasteiger charge is -2.24. The van der Waals surface area contributed by atoms with E-state index in [1.165, 1.54) is 11.3 Å². The van der Waals surface area contributed by atoms with E-state index in [2.05, 4.69) is 5.32 Å². The first-order valence-electron chi connectivity index (χ1n) is 6.99. The Bertz CT molecular complexity index is 570. The molecule has 2 fully saturated rings. The molecule has 1 aromatic rings. The van der Waals surface area contributed by atoms with Crippen LogP contribution in [0.15, 0.2) is 10.3 Å². The second-order valence-electron chi connectivity index (χ2n) is 5.62. The van der Waals surface area contributed by atoms with Crippen molar-refractivity contribution in [3.63, 3.8) is 0 Å². The minimum Gasteiger partial charge on any atom is -0.313 e. The van der Waals surface area contributed by atoms with Crippen molar-refractivity contribution in [3.05, 3.63) is 16.0 Å². The molecule has 1 aliphatic carbocycles. The average Bonchev–Trinajstić information content (AvgIpc) is 2.98. The van der Waals surface area contributed by atoms with Crippen molar-refractivity contribution in [3.8, 4) is 0 Å². The van der Waals surface area contributed by atoms with Gasteiger partial charge in [-0.05, 0) is 50.8 Å². The normalized spacial score (nSPS) is 23.6. The van der Waals surface area contributed by atoms with E-state index in [1.807, 2.05) is 6.92 Å². The van der Waals surface area contributed by atoms with Crippen molar-refractivity contribution in [1.82, 2.24) is 9.62 Å². The van der Waals surface area contributed by atoms with Gasteiger partial charge >= 0.3 is 0 Å². The smallest absolute Gasteiger partial charge is 0.252 e. The fourth-order valence-corrected chi connectivity index (χ4v) is 6.18. The van der Waals surface area contributed by atoms with Crippen LogP contribution in [0.3, 0.4) is 0 Å². The third-order valence-electron chi connectivity index (χ3n) is 3.91. The van der Waals surface area contributed by atoms with Crippen molar-refractivity contribution in [1.29, 1.82) is 0 Å². The molecule has 1 aromatic heterocycles. The first-order valence-corrected chi connectivity index (χ1v) is 9.63. The van der Waals surface area contributed by atoms with E-state index in [0.29, 0.717) is 21.1 Å². The van der Waals surface area contributed by atoms with Gasteiger partial charge in [0.15, 0.2) is 0 Å². The Morgan fingerprint density at radius 2 is 2.20 bits per heavy atom. The van der Waals surface area contributed by atoms with Gasteiger partial charge in [0, 0.05) is 18.6 Å². The standard InChI is InChI=1S/C13H19ClN2O2S2/c1-9-7-12(19-13(9)14)20(17,18)16(11-4-5-11)8-10-3-2-6-15-10/h7,10-11,15H,2-6,8H2,1H3. The molecule has 20 heavy (non-hydrogen) atoms. The average molecular weight is 335 g/mol. The summed E-state index contributed by atoms with van der Waals surface area (Å²) < 4.78 is 28.3. The molecular formula is C13H19ClN2O2S2. The van der Waals surface area contributed by atoms with Gasteiger partial charge in [0.25, 0.3) is 10.0 Å².